The molecule has 5 heteroatoms. The fourth-order valence-electron chi connectivity index (χ4n) is 1.75. The van der Waals surface area contributed by atoms with Crippen LogP contribution in [-0.2, 0) is 4.84 Å². The van der Waals surface area contributed by atoms with Crippen molar-refractivity contribution >= 4 is 15.9 Å². The van der Waals surface area contributed by atoms with Gasteiger partial charge in [0.2, 0.25) is 0 Å². The highest BCUT2D eigenvalue weighted by Crippen LogP contribution is 2.28. The van der Waals surface area contributed by atoms with Crippen molar-refractivity contribution in [1.29, 1.82) is 0 Å². The second-order valence-electron chi connectivity index (χ2n) is 4.01. The Morgan fingerprint density at radius 2 is 2.00 bits per heavy atom. The molecule has 0 saturated heterocycles. The summed E-state index contributed by atoms with van der Waals surface area (Å²) < 4.78 is 6.51. The molecule has 96 valence electrons. The van der Waals surface area contributed by atoms with Crippen LogP contribution in [0.25, 0.3) is 0 Å². The van der Waals surface area contributed by atoms with Gasteiger partial charge in [-0.25, -0.2) is 0 Å². The molecule has 1 aromatic heterocycles. The van der Waals surface area contributed by atoms with E-state index in [0.717, 1.165) is 21.7 Å². The molecule has 1 aromatic carbocycles. The molecular formula is C14H11BrN2O2. The highest BCUT2D eigenvalue weighted by molar-refractivity contribution is 9.11. The van der Waals surface area contributed by atoms with Crippen molar-refractivity contribution in [3.8, 4) is 11.5 Å². The van der Waals surface area contributed by atoms with E-state index in [4.69, 9.17) is 9.57 Å². The van der Waals surface area contributed by atoms with E-state index in [1.54, 1.807) is 12.4 Å². The van der Waals surface area contributed by atoms with Gasteiger partial charge in [0.05, 0.1) is 6.20 Å². The Labute approximate surface area is 119 Å². The molecule has 0 fully saturated rings. The molecule has 0 amide bonds. The van der Waals surface area contributed by atoms with Gasteiger partial charge in [0.15, 0.2) is 0 Å². The molecule has 0 saturated carbocycles. The number of hydroxylamine groups is 1. The standard InChI is InChI=1S/C14H11BrN2O2/c15-14-8-13(19-17-14)10-3-5-11(6-4-10)18-12-2-1-7-16-9-12/h1-9,13,17H. The molecule has 4 nitrogen and oxygen atoms in total. The quantitative estimate of drug-likeness (QED) is 0.877. The Morgan fingerprint density at radius 3 is 2.63 bits per heavy atom. The van der Waals surface area contributed by atoms with Crippen LogP contribution < -0.4 is 10.2 Å². The fourth-order valence-corrected chi connectivity index (χ4v) is 2.09. The summed E-state index contributed by atoms with van der Waals surface area (Å²) >= 11 is 3.33. The Morgan fingerprint density at radius 1 is 1.16 bits per heavy atom. The zero-order valence-electron chi connectivity index (χ0n) is 9.92. The second-order valence-corrected chi connectivity index (χ2v) is 4.87. The summed E-state index contributed by atoms with van der Waals surface area (Å²) in [5.41, 5.74) is 3.82. The lowest BCUT2D eigenvalue weighted by Gasteiger charge is -2.09. The summed E-state index contributed by atoms with van der Waals surface area (Å²) in [6.45, 7) is 0. The Balaban J connectivity index is 1.73. The van der Waals surface area contributed by atoms with Gasteiger partial charge in [0, 0.05) is 6.20 Å². The maximum absolute atomic E-state index is 5.67. The number of nitrogens with zero attached hydrogens (tertiary/aromatic N) is 1. The normalized spacial score (nSPS) is 17.7. The molecule has 2 heterocycles. The van der Waals surface area contributed by atoms with Gasteiger partial charge in [0.1, 0.15) is 22.2 Å². The summed E-state index contributed by atoms with van der Waals surface area (Å²) in [5.74, 6) is 1.49. The topological polar surface area (TPSA) is 43.4 Å². The summed E-state index contributed by atoms with van der Waals surface area (Å²) in [5, 5.41) is 0. The number of halogens is 1. The SMILES string of the molecule is BrC1=CC(c2ccc(Oc3cccnc3)cc2)ON1. The summed E-state index contributed by atoms with van der Waals surface area (Å²) in [7, 11) is 0. The molecule has 1 aliphatic heterocycles. The third-order valence-electron chi connectivity index (χ3n) is 2.66. The molecule has 0 radical (unpaired) electrons. The molecule has 1 N–H and O–H groups in total. The predicted octanol–water partition coefficient (Wildman–Crippen LogP) is 3.69. The lowest BCUT2D eigenvalue weighted by Crippen LogP contribution is -2.05. The van der Waals surface area contributed by atoms with Crippen molar-refractivity contribution in [2.75, 3.05) is 0 Å². The van der Waals surface area contributed by atoms with E-state index in [1.807, 2.05) is 42.5 Å². The second kappa shape index (κ2) is 5.42. The fraction of sp³-hybridized carbons (Fsp3) is 0.0714. The van der Waals surface area contributed by atoms with E-state index >= 15 is 0 Å². The van der Waals surface area contributed by atoms with Gasteiger partial charge in [-0.1, -0.05) is 12.1 Å². The van der Waals surface area contributed by atoms with Gasteiger partial charge < -0.3 is 4.74 Å². The van der Waals surface area contributed by atoms with Crippen LogP contribution in [0.2, 0.25) is 0 Å². The van der Waals surface area contributed by atoms with Crippen molar-refractivity contribution < 1.29 is 9.57 Å². The maximum atomic E-state index is 5.67. The lowest BCUT2D eigenvalue weighted by molar-refractivity contribution is 0.0458. The number of pyridine rings is 1. The molecule has 0 aliphatic carbocycles. The van der Waals surface area contributed by atoms with Gasteiger partial charge in [-0.2, -0.15) is 0 Å². The summed E-state index contributed by atoms with van der Waals surface area (Å²) in [4.78, 5) is 9.37. The van der Waals surface area contributed by atoms with Gasteiger partial charge in [-0.15, -0.1) is 0 Å². The molecule has 0 spiro atoms. The largest absolute Gasteiger partial charge is 0.456 e. The van der Waals surface area contributed by atoms with Gasteiger partial charge in [0.25, 0.3) is 0 Å². The average molecular weight is 319 g/mol. The number of hydrogen-bond acceptors (Lipinski definition) is 4. The van der Waals surface area contributed by atoms with Crippen LogP contribution in [-0.4, -0.2) is 4.98 Å². The first-order valence-electron chi connectivity index (χ1n) is 5.78. The first kappa shape index (κ1) is 12.2. The first-order chi connectivity index (χ1) is 9.31. The zero-order chi connectivity index (χ0) is 13.1. The Bertz CT molecular complexity index is 584. The van der Waals surface area contributed by atoms with Crippen molar-refractivity contribution in [3.63, 3.8) is 0 Å². The number of ether oxygens (including phenoxy) is 1. The van der Waals surface area contributed by atoms with Crippen molar-refractivity contribution in [1.82, 2.24) is 10.5 Å². The van der Waals surface area contributed by atoms with Crippen LogP contribution in [0, 0.1) is 0 Å². The van der Waals surface area contributed by atoms with Crippen LogP contribution >= 0.6 is 15.9 Å². The van der Waals surface area contributed by atoms with Gasteiger partial charge in [-0.05, 0) is 51.8 Å². The first-order valence-corrected chi connectivity index (χ1v) is 6.57. The van der Waals surface area contributed by atoms with Gasteiger partial charge in [-0.3, -0.25) is 15.3 Å². The molecule has 0 bridgehead atoms. The number of hydrogen-bond donors (Lipinski definition) is 1. The van der Waals surface area contributed by atoms with E-state index in [-0.39, 0.29) is 6.10 Å². The maximum Gasteiger partial charge on any atom is 0.145 e. The third-order valence-corrected chi connectivity index (χ3v) is 3.09. The zero-order valence-corrected chi connectivity index (χ0v) is 11.5. The average Bonchev–Trinajstić information content (AvgIpc) is 2.87. The van der Waals surface area contributed by atoms with E-state index in [1.165, 1.54) is 0 Å². The summed E-state index contributed by atoms with van der Waals surface area (Å²) in [6.07, 6.45) is 5.26. The Kier molecular flexibility index (Phi) is 3.48. The van der Waals surface area contributed by atoms with E-state index < -0.39 is 0 Å². The molecular weight excluding hydrogens is 308 g/mol. The number of nitrogens with one attached hydrogen (secondary N) is 1. The molecule has 1 aliphatic rings. The number of benzene rings is 1. The smallest absolute Gasteiger partial charge is 0.145 e. The highest BCUT2D eigenvalue weighted by Gasteiger charge is 2.16. The van der Waals surface area contributed by atoms with E-state index in [0.29, 0.717) is 0 Å². The minimum atomic E-state index is -0.0817. The van der Waals surface area contributed by atoms with Crippen molar-refractivity contribution in [2.45, 2.75) is 6.10 Å². The van der Waals surface area contributed by atoms with E-state index in [9.17, 15) is 0 Å². The Hall–Kier alpha value is -1.85. The van der Waals surface area contributed by atoms with Crippen LogP contribution in [0.5, 0.6) is 11.5 Å². The number of rotatable bonds is 3. The minimum absolute atomic E-state index is 0.0817. The van der Waals surface area contributed by atoms with Gasteiger partial charge >= 0.3 is 0 Å². The van der Waals surface area contributed by atoms with Crippen LogP contribution in [0.3, 0.4) is 0 Å². The predicted molar refractivity (Wildman–Crippen MR) is 74.7 cm³/mol. The summed E-state index contributed by atoms with van der Waals surface area (Å²) in [6, 6.07) is 11.5. The van der Waals surface area contributed by atoms with E-state index in [2.05, 4.69) is 26.4 Å². The number of aromatic nitrogens is 1. The van der Waals surface area contributed by atoms with Crippen LogP contribution in [0.1, 0.15) is 11.7 Å². The minimum Gasteiger partial charge on any atom is -0.456 e. The molecule has 19 heavy (non-hydrogen) atoms. The third kappa shape index (κ3) is 2.94. The van der Waals surface area contributed by atoms with Crippen molar-refractivity contribution in [2.24, 2.45) is 0 Å². The van der Waals surface area contributed by atoms with Crippen LogP contribution in [0.15, 0.2) is 59.5 Å². The molecule has 1 atom stereocenters. The molecule has 3 rings (SSSR count). The lowest BCUT2D eigenvalue weighted by atomic mass is 10.1. The van der Waals surface area contributed by atoms with Crippen LogP contribution in [0.4, 0.5) is 0 Å². The molecule has 2 aromatic rings. The monoisotopic (exact) mass is 318 g/mol. The molecule has 1 unspecified atom stereocenters. The highest BCUT2D eigenvalue weighted by atomic mass is 79.9. The van der Waals surface area contributed by atoms with Crippen molar-refractivity contribution in [3.05, 3.63) is 65.0 Å².